The molecule has 0 unspecified atom stereocenters. The lowest BCUT2D eigenvalue weighted by Gasteiger charge is -2.39. The van der Waals surface area contributed by atoms with E-state index in [1.807, 2.05) is 0 Å². The molecule has 26 heavy (non-hydrogen) atoms. The van der Waals surface area contributed by atoms with E-state index in [1.54, 1.807) is 0 Å². The predicted molar refractivity (Wildman–Crippen MR) is 85.3 cm³/mol. The van der Waals surface area contributed by atoms with E-state index in [4.69, 9.17) is 19.3 Å². The Morgan fingerprint density at radius 1 is 1.12 bits per heavy atom. The van der Waals surface area contributed by atoms with E-state index >= 15 is 0 Å². The Morgan fingerprint density at radius 2 is 1.81 bits per heavy atom. The summed E-state index contributed by atoms with van der Waals surface area (Å²) in [4.78, 5) is 0. The number of hydrogen-bond donors (Lipinski definition) is 7. The fraction of sp³-hybridized carbons (Fsp3) is 0.625. The molecule has 1 saturated heterocycles. The zero-order valence-corrected chi connectivity index (χ0v) is 14.0. The van der Waals surface area contributed by atoms with Crippen LogP contribution in [0.25, 0.3) is 0 Å². The van der Waals surface area contributed by atoms with E-state index in [0.29, 0.717) is 0 Å². The summed E-state index contributed by atoms with van der Waals surface area (Å²) in [6.07, 6.45) is -10.1. The van der Waals surface area contributed by atoms with Gasteiger partial charge in [0.25, 0.3) is 0 Å². The number of benzene rings is 1. The standard InChI is InChI=1S/C16H24O10/c1-24-10-4-7(2-3-8(10)18)12(20)9(19)6-25-16-15(23)14(22)13(21)11(5-17)26-16/h2-4,9,11-23H,5-6H2,1H3/t9-,11-,12-,13-,14+,15-,16-/m1/s1. The molecule has 0 bridgehead atoms. The van der Waals surface area contributed by atoms with Gasteiger partial charge in [-0.25, -0.2) is 0 Å². The second-order valence-corrected chi connectivity index (χ2v) is 5.97. The molecule has 10 heteroatoms. The number of ether oxygens (including phenoxy) is 3. The molecule has 1 aromatic carbocycles. The smallest absolute Gasteiger partial charge is 0.186 e. The average molecular weight is 376 g/mol. The van der Waals surface area contributed by atoms with Crippen molar-refractivity contribution >= 4 is 0 Å². The van der Waals surface area contributed by atoms with Crippen molar-refractivity contribution in [2.75, 3.05) is 20.3 Å². The van der Waals surface area contributed by atoms with Crippen LogP contribution >= 0.6 is 0 Å². The lowest BCUT2D eigenvalue weighted by Crippen LogP contribution is -2.59. The van der Waals surface area contributed by atoms with Crippen molar-refractivity contribution in [1.82, 2.24) is 0 Å². The Labute approximate surface area is 149 Å². The Morgan fingerprint density at radius 3 is 2.42 bits per heavy atom. The molecule has 7 atom stereocenters. The molecule has 10 nitrogen and oxygen atoms in total. The maximum Gasteiger partial charge on any atom is 0.186 e. The van der Waals surface area contributed by atoms with Crippen molar-refractivity contribution in [3.63, 3.8) is 0 Å². The van der Waals surface area contributed by atoms with Crippen molar-refractivity contribution in [1.29, 1.82) is 0 Å². The number of aromatic hydroxyl groups is 1. The maximum atomic E-state index is 10.2. The summed E-state index contributed by atoms with van der Waals surface area (Å²) in [5.74, 6) is -0.0147. The normalized spacial score (nSPS) is 31.4. The van der Waals surface area contributed by atoms with E-state index in [2.05, 4.69) is 0 Å². The summed E-state index contributed by atoms with van der Waals surface area (Å²) in [5.41, 5.74) is 0.254. The molecule has 0 radical (unpaired) electrons. The minimum atomic E-state index is -1.61. The Kier molecular flexibility index (Phi) is 7.15. The van der Waals surface area contributed by atoms with Gasteiger partial charge in [0.15, 0.2) is 17.8 Å². The molecule has 1 aromatic rings. The molecule has 7 N–H and O–H groups in total. The van der Waals surface area contributed by atoms with Gasteiger partial charge in [-0.2, -0.15) is 0 Å². The van der Waals surface area contributed by atoms with Crippen LogP contribution in [0.15, 0.2) is 18.2 Å². The lowest BCUT2D eigenvalue weighted by molar-refractivity contribution is -0.306. The van der Waals surface area contributed by atoms with Crippen LogP contribution in [-0.4, -0.2) is 92.9 Å². The van der Waals surface area contributed by atoms with Gasteiger partial charge in [-0.05, 0) is 17.7 Å². The average Bonchev–Trinajstić information content (AvgIpc) is 2.65. The number of aliphatic hydroxyl groups is 6. The molecule has 1 heterocycles. The first-order chi connectivity index (χ1) is 12.3. The zero-order chi connectivity index (χ0) is 19.4. The second-order valence-electron chi connectivity index (χ2n) is 5.97. The molecular weight excluding hydrogens is 352 g/mol. The number of phenols is 1. The third-order valence-corrected chi connectivity index (χ3v) is 4.19. The molecule has 1 aliphatic heterocycles. The summed E-state index contributed by atoms with van der Waals surface area (Å²) < 4.78 is 15.3. The van der Waals surface area contributed by atoms with E-state index < -0.39 is 56.1 Å². The van der Waals surface area contributed by atoms with Crippen LogP contribution in [0.2, 0.25) is 0 Å². The van der Waals surface area contributed by atoms with E-state index in [0.717, 1.165) is 0 Å². The van der Waals surface area contributed by atoms with Crippen LogP contribution in [-0.2, 0) is 9.47 Å². The molecule has 148 valence electrons. The van der Waals surface area contributed by atoms with Crippen molar-refractivity contribution < 1.29 is 50.0 Å². The quantitative estimate of drug-likeness (QED) is 0.272. The minimum Gasteiger partial charge on any atom is -0.504 e. The van der Waals surface area contributed by atoms with Gasteiger partial charge >= 0.3 is 0 Å². The predicted octanol–water partition coefficient (Wildman–Crippen LogP) is -2.39. The summed E-state index contributed by atoms with van der Waals surface area (Å²) in [6, 6.07) is 4.03. The highest BCUT2D eigenvalue weighted by Gasteiger charge is 2.44. The zero-order valence-electron chi connectivity index (χ0n) is 14.0. The highest BCUT2D eigenvalue weighted by atomic mass is 16.7. The van der Waals surface area contributed by atoms with Gasteiger partial charge in [0.05, 0.1) is 20.3 Å². The second kappa shape index (κ2) is 8.93. The van der Waals surface area contributed by atoms with Crippen LogP contribution in [0, 0.1) is 0 Å². The van der Waals surface area contributed by atoms with Gasteiger partial charge < -0.3 is 50.0 Å². The monoisotopic (exact) mass is 376 g/mol. The molecule has 0 aromatic heterocycles. The lowest BCUT2D eigenvalue weighted by atomic mass is 9.99. The first-order valence-electron chi connectivity index (χ1n) is 7.95. The highest BCUT2D eigenvalue weighted by molar-refractivity contribution is 5.42. The number of methoxy groups -OCH3 is 1. The SMILES string of the molecule is COc1cc([C@@H](O)[C@H](O)CO[C@@H]2O[C@H](CO)[C@@H](O)[C@H](O)[C@H]2O)ccc1O. The van der Waals surface area contributed by atoms with Crippen LogP contribution in [0.1, 0.15) is 11.7 Å². The fourth-order valence-corrected chi connectivity index (χ4v) is 2.59. The van der Waals surface area contributed by atoms with E-state index in [9.17, 15) is 30.6 Å². The minimum absolute atomic E-state index is 0.114. The Bertz CT molecular complexity index is 580. The first-order valence-corrected chi connectivity index (χ1v) is 7.95. The van der Waals surface area contributed by atoms with Crippen molar-refractivity contribution in [2.45, 2.75) is 42.9 Å². The van der Waals surface area contributed by atoms with Gasteiger partial charge in [0.1, 0.15) is 36.6 Å². The fourth-order valence-electron chi connectivity index (χ4n) is 2.59. The number of aliphatic hydroxyl groups excluding tert-OH is 6. The van der Waals surface area contributed by atoms with E-state index in [-0.39, 0.29) is 17.1 Å². The summed E-state index contributed by atoms with van der Waals surface area (Å²) in [7, 11) is 1.34. The molecular formula is C16H24O10. The van der Waals surface area contributed by atoms with Gasteiger partial charge in [0.2, 0.25) is 0 Å². The number of hydrogen-bond acceptors (Lipinski definition) is 10. The van der Waals surface area contributed by atoms with Gasteiger partial charge in [-0.15, -0.1) is 0 Å². The summed E-state index contributed by atoms with van der Waals surface area (Å²) in [6.45, 7) is -1.09. The third kappa shape index (κ3) is 4.42. The third-order valence-electron chi connectivity index (χ3n) is 4.19. The maximum absolute atomic E-state index is 10.2. The first kappa shape index (κ1) is 20.8. The van der Waals surface area contributed by atoms with Crippen LogP contribution in [0.3, 0.4) is 0 Å². The van der Waals surface area contributed by atoms with Crippen LogP contribution < -0.4 is 4.74 Å². The molecule has 0 amide bonds. The molecule has 1 aliphatic rings. The molecule has 2 rings (SSSR count). The largest absolute Gasteiger partial charge is 0.504 e. The molecule has 0 spiro atoms. The van der Waals surface area contributed by atoms with E-state index in [1.165, 1.54) is 25.3 Å². The Balaban J connectivity index is 1.97. The van der Waals surface area contributed by atoms with Crippen LogP contribution in [0.5, 0.6) is 11.5 Å². The van der Waals surface area contributed by atoms with Crippen molar-refractivity contribution in [3.8, 4) is 11.5 Å². The summed E-state index contributed by atoms with van der Waals surface area (Å²) in [5, 5.41) is 68.2. The summed E-state index contributed by atoms with van der Waals surface area (Å²) >= 11 is 0. The van der Waals surface area contributed by atoms with Crippen molar-refractivity contribution in [3.05, 3.63) is 23.8 Å². The Hall–Kier alpha value is -1.50. The molecule has 0 aliphatic carbocycles. The highest BCUT2D eigenvalue weighted by Crippen LogP contribution is 2.30. The number of phenolic OH excluding ortho intramolecular Hbond substituents is 1. The molecule has 0 saturated carbocycles. The van der Waals surface area contributed by atoms with Gasteiger partial charge in [-0.1, -0.05) is 6.07 Å². The number of rotatable bonds is 7. The topological polar surface area (TPSA) is 169 Å². The van der Waals surface area contributed by atoms with Gasteiger partial charge in [0, 0.05) is 0 Å². The molecule has 1 fully saturated rings. The van der Waals surface area contributed by atoms with Gasteiger partial charge in [-0.3, -0.25) is 0 Å². The van der Waals surface area contributed by atoms with Crippen molar-refractivity contribution in [2.24, 2.45) is 0 Å². The van der Waals surface area contributed by atoms with Crippen LogP contribution in [0.4, 0.5) is 0 Å².